The van der Waals surface area contributed by atoms with Crippen molar-refractivity contribution in [3.63, 3.8) is 0 Å². The first-order chi connectivity index (χ1) is 12.1. The van der Waals surface area contributed by atoms with Gasteiger partial charge in [0.25, 0.3) is 0 Å². The molecule has 0 atom stereocenters. The Morgan fingerprint density at radius 3 is 2.48 bits per heavy atom. The van der Waals surface area contributed by atoms with Crippen molar-refractivity contribution in [1.82, 2.24) is 9.97 Å². The normalized spacial score (nSPS) is 10.3. The molecule has 0 unspecified atom stereocenters. The molecule has 0 spiro atoms. The Hall–Kier alpha value is -2.62. The third-order valence-electron chi connectivity index (χ3n) is 3.93. The average molecular weight is 338 g/mol. The Kier molecular flexibility index (Phi) is 6.34. The SMILES string of the molecule is CC.CCCC(=O)c1ccc(-c2cc3ccc(F)c(C)c3cn2)cn1. The minimum absolute atomic E-state index is 0.0524. The van der Waals surface area contributed by atoms with Crippen molar-refractivity contribution < 1.29 is 9.18 Å². The topological polar surface area (TPSA) is 42.9 Å². The number of ketones is 1. The zero-order valence-corrected chi connectivity index (χ0v) is 15.1. The van der Waals surface area contributed by atoms with Gasteiger partial charge in [0.15, 0.2) is 5.78 Å². The molecule has 0 aliphatic heterocycles. The van der Waals surface area contributed by atoms with E-state index >= 15 is 0 Å². The fourth-order valence-electron chi connectivity index (χ4n) is 2.56. The molecule has 0 amide bonds. The molecule has 0 bridgehead atoms. The van der Waals surface area contributed by atoms with Crippen LogP contribution in [0.5, 0.6) is 0 Å². The first-order valence-corrected chi connectivity index (χ1v) is 8.64. The van der Waals surface area contributed by atoms with Gasteiger partial charge in [0.05, 0.1) is 5.69 Å². The number of benzene rings is 1. The molecule has 3 nitrogen and oxygen atoms in total. The summed E-state index contributed by atoms with van der Waals surface area (Å²) < 4.78 is 13.6. The Bertz CT molecular complexity index is 873. The van der Waals surface area contributed by atoms with Gasteiger partial charge in [-0.2, -0.15) is 0 Å². The number of carbonyl (C=O) groups excluding carboxylic acids is 1. The van der Waals surface area contributed by atoms with Crippen molar-refractivity contribution in [3.8, 4) is 11.3 Å². The Morgan fingerprint density at radius 2 is 1.84 bits per heavy atom. The van der Waals surface area contributed by atoms with Gasteiger partial charge in [-0.1, -0.05) is 26.8 Å². The highest BCUT2D eigenvalue weighted by Crippen LogP contribution is 2.25. The molecule has 3 aromatic rings. The van der Waals surface area contributed by atoms with Gasteiger partial charge >= 0.3 is 0 Å². The molecule has 130 valence electrons. The molecule has 0 N–H and O–H groups in total. The van der Waals surface area contributed by atoms with Crippen molar-refractivity contribution in [2.45, 2.75) is 40.5 Å². The Labute approximate surface area is 147 Å². The summed E-state index contributed by atoms with van der Waals surface area (Å²) in [5, 5.41) is 1.73. The number of aryl methyl sites for hydroxylation is 1. The third kappa shape index (κ3) is 4.08. The van der Waals surface area contributed by atoms with E-state index in [4.69, 9.17) is 0 Å². The third-order valence-corrected chi connectivity index (χ3v) is 3.93. The van der Waals surface area contributed by atoms with E-state index in [1.54, 1.807) is 31.5 Å². The van der Waals surface area contributed by atoms with E-state index in [9.17, 15) is 9.18 Å². The lowest BCUT2D eigenvalue weighted by molar-refractivity contribution is 0.0977. The molecular weight excluding hydrogens is 315 g/mol. The first-order valence-electron chi connectivity index (χ1n) is 8.64. The number of fused-ring (bicyclic) bond motifs is 1. The number of nitrogens with zero attached hydrogens (tertiary/aromatic N) is 2. The molecule has 0 radical (unpaired) electrons. The predicted octanol–water partition coefficient (Wildman–Crippen LogP) is 5.75. The molecule has 0 aliphatic rings. The van der Waals surface area contributed by atoms with Gasteiger partial charge in [-0.15, -0.1) is 0 Å². The second-order valence-electron chi connectivity index (χ2n) is 5.57. The maximum atomic E-state index is 13.6. The summed E-state index contributed by atoms with van der Waals surface area (Å²) in [5.41, 5.74) is 2.67. The van der Waals surface area contributed by atoms with Crippen LogP contribution < -0.4 is 0 Å². The van der Waals surface area contributed by atoms with Crippen molar-refractivity contribution in [1.29, 1.82) is 0 Å². The molecule has 2 heterocycles. The maximum absolute atomic E-state index is 13.6. The molecular formula is C21H23FN2O. The van der Waals surface area contributed by atoms with Crippen LogP contribution in [0.4, 0.5) is 4.39 Å². The quantitative estimate of drug-likeness (QED) is 0.569. The summed E-state index contributed by atoms with van der Waals surface area (Å²) in [7, 11) is 0. The molecule has 2 aromatic heterocycles. The van der Waals surface area contributed by atoms with E-state index in [1.807, 2.05) is 32.9 Å². The van der Waals surface area contributed by atoms with Gasteiger partial charge in [-0.05, 0) is 48.6 Å². The predicted molar refractivity (Wildman–Crippen MR) is 100 cm³/mol. The van der Waals surface area contributed by atoms with Gasteiger partial charge in [-0.3, -0.25) is 14.8 Å². The zero-order chi connectivity index (χ0) is 18.4. The van der Waals surface area contributed by atoms with Crippen LogP contribution in [0.15, 0.2) is 42.7 Å². The summed E-state index contributed by atoms with van der Waals surface area (Å²) in [6.45, 7) is 7.71. The van der Waals surface area contributed by atoms with Gasteiger partial charge in [0.2, 0.25) is 0 Å². The molecule has 0 fully saturated rings. The number of pyridine rings is 2. The highest BCUT2D eigenvalue weighted by Gasteiger charge is 2.09. The number of aromatic nitrogens is 2. The maximum Gasteiger partial charge on any atom is 0.181 e. The number of Topliss-reactive ketones (excluding diaryl/α,β-unsaturated/α-hetero) is 1. The minimum atomic E-state index is -0.229. The summed E-state index contributed by atoms with van der Waals surface area (Å²) in [6, 6.07) is 8.70. The highest BCUT2D eigenvalue weighted by molar-refractivity contribution is 5.94. The second-order valence-corrected chi connectivity index (χ2v) is 5.57. The van der Waals surface area contributed by atoms with Crippen LogP contribution in [0, 0.1) is 12.7 Å². The fraction of sp³-hybridized carbons (Fsp3) is 0.286. The van der Waals surface area contributed by atoms with E-state index in [-0.39, 0.29) is 11.6 Å². The fourth-order valence-corrected chi connectivity index (χ4v) is 2.56. The lowest BCUT2D eigenvalue weighted by atomic mass is 10.0. The number of hydrogen-bond donors (Lipinski definition) is 0. The Balaban J connectivity index is 0.00000109. The summed E-state index contributed by atoms with van der Waals surface area (Å²) >= 11 is 0. The first kappa shape index (κ1) is 18.7. The van der Waals surface area contributed by atoms with Crippen LogP contribution in [0.1, 0.15) is 49.7 Å². The van der Waals surface area contributed by atoms with Gasteiger partial charge in [0.1, 0.15) is 11.5 Å². The van der Waals surface area contributed by atoms with Crippen LogP contribution >= 0.6 is 0 Å². The Morgan fingerprint density at radius 1 is 1.08 bits per heavy atom. The van der Waals surface area contributed by atoms with Crippen molar-refractivity contribution in [2.75, 3.05) is 0 Å². The van der Waals surface area contributed by atoms with E-state index in [2.05, 4.69) is 9.97 Å². The zero-order valence-electron chi connectivity index (χ0n) is 15.1. The largest absolute Gasteiger partial charge is 0.292 e. The summed E-state index contributed by atoms with van der Waals surface area (Å²) in [4.78, 5) is 20.5. The minimum Gasteiger partial charge on any atom is -0.292 e. The second kappa shape index (κ2) is 8.47. The van der Waals surface area contributed by atoms with Crippen LogP contribution in [0.2, 0.25) is 0 Å². The van der Waals surface area contributed by atoms with Gasteiger partial charge < -0.3 is 0 Å². The number of hydrogen-bond acceptors (Lipinski definition) is 3. The van der Waals surface area contributed by atoms with Crippen LogP contribution in [-0.4, -0.2) is 15.8 Å². The molecule has 0 saturated heterocycles. The lowest BCUT2D eigenvalue weighted by Crippen LogP contribution is -2.01. The lowest BCUT2D eigenvalue weighted by Gasteiger charge is -2.06. The molecule has 3 rings (SSSR count). The van der Waals surface area contributed by atoms with E-state index in [1.165, 1.54) is 6.07 Å². The van der Waals surface area contributed by atoms with Crippen molar-refractivity contribution >= 4 is 16.6 Å². The monoisotopic (exact) mass is 338 g/mol. The molecule has 25 heavy (non-hydrogen) atoms. The number of halogens is 1. The van der Waals surface area contributed by atoms with E-state index in [0.717, 1.165) is 28.5 Å². The van der Waals surface area contributed by atoms with Crippen LogP contribution in [0.3, 0.4) is 0 Å². The smallest absolute Gasteiger partial charge is 0.181 e. The molecule has 0 saturated carbocycles. The molecule has 0 aliphatic carbocycles. The van der Waals surface area contributed by atoms with Crippen molar-refractivity contribution in [2.24, 2.45) is 0 Å². The van der Waals surface area contributed by atoms with Gasteiger partial charge in [-0.25, -0.2) is 4.39 Å². The van der Waals surface area contributed by atoms with Crippen molar-refractivity contribution in [3.05, 3.63) is 59.8 Å². The standard InChI is InChI=1S/C19H17FN2O.C2H6/c1-3-4-19(23)17-8-6-14(10-21-17)18-9-13-5-7-16(20)12(2)15(13)11-22-18;1-2/h5-11H,3-4H2,1-2H3;1-2H3. The van der Waals surface area contributed by atoms with Gasteiger partial charge in [0, 0.05) is 29.8 Å². The van der Waals surface area contributed by atoms with E-state index in [0.29, 0.717) is 17.7 Å². The summed E-state index contributed by atoms with van der Waals surface area (Å²) in [5.74, 6) is -0.177. The van der Waals surface area contributed by atoms with E-state index < -0.39 is 0 Å². The van der Waals surface area contributed by atoms with Crippen LogP contribution in [-0.2, 0) is 0 Å². The highest BCUT2D eigenvalue weighted by atomic mass is 19.1. The van der Waals surface area contributed by atoms with Crippen LogP contribution in [0.25, 0.3) is 22.0 Å². The molecule has 4 heteroatoms. The average Bonchev–Trinajstić information content (AvgIpc) is 2.66. The summed E-state index contributed by atoms with van der Waals surface area (Å²) in [6.07, 6.45) is 4.66. The molecule has 1 aromatic carbocycles. The number of rotatable bonds is 4. The number of carbonyl (C=O) groups is 1.